The minimum Gasteiger partial charge on any atom is -0.463 e. The molecule has 3 heteroatoms. The van der Waals surface area contributed by atoms with Gasteiger partial charge in [-0.2, -0.15) is 0 Å². The number of ether oxygens (including phenoxy) is 2. The molecule has 0 saturated heterocycles. The second kappa shape index (κ2) is 14.4. The molecule has 0 N–H and O–H groups in total. The van der Waals surface area contributed by atoms with E-state index in [0.717, 1.165) is 24.7 Å². The van der Waals surface area contributed by atoms with Crippen molar-refractivity contribution in [1.82, 2.24) is 0 Å². The maximum absolute atomic E-state index is 11.8. The highest BCUT2D eigenvalue weighted by atomic mass is 16.6. The highest BCUT2D eigenvalue weighted by Crippen LogP contribution is 2.38. The lowest BCUT2D eigenvalue weighted by Crippen LogP contribution is -2.28. The van der Waals surface area contributed by atoms with Gasteiger partial charge in [-0.15, -0.1) is 0 Å². The number of esters is 1. The van der Waals surface area contributed by atoms with Crippen LogP contribution >= 0.6 is 0 Å². The molecule has 0 unspecified atom stereocenters. The van der Waals surface area contributed by atoms with Crippen molar-refractivity contribution < 1.29 is 14.3 Å². The van der Waals surface area contributed by atoms with Gasteiger partial charge in [0.25, 0.3) is 0 Å². The summed E-state index contributed by atoms with van der Waals surface area (Å²) in [5.41, 5.74) is 0. The molecule has 0 heterocycles. The van der Waals surface area contributed by atoms with E-state index in [1.807, 2.05) is 0 Å². The minimum absolute atomic E-state index is 0.0480. The van der Waals surface area contributed by atoms with Crippen LogP contribution in [0.4, 0.5) is 0 Å². The third-order valence-corrected chi connectivity index (χ3v) is 6.72. The van der Waals surface area contributed by atoms with E-state index in [0.29, 0.717) is 25.7 Å². The van der Waals surface area contributed by atoms with Gasteiger partial charge >= 0.3 is 5.97 Å². The summed E-state index contributed by atoms with van der Waals surface area (Å²) in [6.45, 7) is 3.24. The normalized spacial score (nSPS) is 24.0. The van der Waals surface area contributed by atoms with E-state index >= 15 is 0 Å². The van der Waals surface area contributed by atoms with Gasteiger partial charge in [-0.05, 0) is 43.9 Å². The summed E-state index contributed by atoms with van der Waals surface area (Å²) in [6.07, 6.45) is 22.0. The lowest BCUT2D eigenvalue weighted by Gasteiger charge is -2.35. The average molecular weight is 381 g/mol. The van der Waals surface area contributed by atoms with Crippen LogP contribution in [0.15, 0.2) is 0 Å². The standard InChI is InChI=1S/C24H44O3/c1-2-3-4-5-6-7-11-14-24(25)27-20-19-26-23-17-15-22(16-18-23)21-12-9-8-10-13-21/h21-23H,2-20H2,1H3. The molecule has 0 aromatic carbocycles. The predicted octanol–water partition coefficient (Wildman–Crippen LogP) is 6.83. The van der Waals surface area contributed by atoms with E-state index in [2.05, 4.69) is 6.92 Å². The molecule has 2 aliphatic rings. The van der Waals surface area contributed by atoms with Gasteiger partial charge in [-0.1, -0.05) is 77.6 Å². The first-order chi connectivity index (χ1) is 13.3. The Bertz CT molecular complexity index is 368. The second-order valence-electron chi connectivity index (χ2n) is 8.90. The van der Waals surface area contributed by atoms with E-state index in [-0.39, 0.29) is 5.97 Å². The smallest absolute Gasteiger partial charge is 0.305 e. The van der Waals surface area contributed by atoms with Gasteiger partial charge in [-0.3, -0.25) is 4.79 Å². The molecule has 0 bridgehead atoms. The fourth-order valence-corrected chi connectivity index (χ4v) is 5.00. The van der Waals surface area contributed by atoms with Crippen molar-refractivity contribution in [3.8, 4) is 0 Å². The number of unbranched alkanes of at least 4 members (excludes halogenated alkanes) is 6. The number of rotatable bonds is 13. The Morgan fingerprint density at radius 2 is 1.37 bits per heavy atom. The van der Waals surface area contributed by atoms with Gasteiger partial charge in [0.2, 0.25) is 0 Å². The molecule has 27 heavy (non-hydrogen) atoms. The van der Waals surface area contributed by atoms with E-state index in [1.165, 1.54) is 89.9 Å². The van der Waals surface area contributed by atoms with Crippen LogP contribution in [0.2, 0.25) is 0 Å². The Morgan fingerprint density at radius 3 is 2.07 bits per heavy atom. The first kappa shape index (κ1) is 22.7. The first-order valence-corrected chi connectivity index (χ1v) is 12.1. The number of hydrogen-bond acceptors (Lipinski definition) is 3. The zero-order valence-corrected chi connectivity index (χ0v) is 17.9. The van der Waals surface area contributed by atoms with E-state index < -0.39 is 0 Å². The molecule has 3 nitrogen and oxygen atoms in total. The average Bonchev–Trinajstić information content (AvgIpc) is 2.72. The predicted molar refractivity (Wildman–Crippen MR) is 112 cm³/mol. The molecular weight excluding hydrogens is 336 g/mol. The lowest BCUT2D eigenvalue weighted by molar-refractivity contribution is -0.146. The summed E-state index contributed by atoms with van der Waals surface area (Å²) >= 11 is 0. The molecule has 0 spiro atoms. The minimum atomic E-state index is -0.0480. The Kier molecular flexibility index (Phi) is 12.1. The maximum atomic E-state index is 11.8. The van der Waals surface area contributed by atoms with E-state index in [4.69, 9.17) is 9.47 Å². The molecule has 2 rings (SSSR count). The van der Waals surface area contributed by atoms with Crippen LogP contribution in [-0.4, -0.2) is 25.3 Å². The molecule has 0 aromatic heterocycles. The van der Waals surface area contributed by atoms with Crippen molar-refractivity contribution in [1.29, 1.82) is 0 Å². The van der Waals surface area contributed by atoms with Crippen molar-refractivity contribution in [2.24, 2.45) is 11.8 Å². The molecule has 158 valence electrons. The SMILES string of the molecule is CCCCCCCCCC(=O)OCCOC1CCC(C2CCCCC2)CC1. The monoisotopic (exact) mass is 380 g/mol. The zero-order chi connectivity index (χ0) is 19.2. The largest absolute Gasteiger partial charge is 0.463 e. The molecule has 2 saturated carbocycles. The van der Waals surface area contributed by atoms with Crippen LogP contribution < -0.4 is 0 Å². The van der Waals surface area contributed by atoms with Gasteiger partial charge in [0.15, 0.2) is 0 Å². The van der Waals surface area contributed by atoms with Gasteiger partial charge in [0.05, 0.1) is 12.7 Å². The van der Waals surface area contributed by atoms with Gasteiger partial charge in [-0.25, -0.2) is 0 Å². The van der Waals surface area contributed by atoms with Crippen LogP contribution in [0.3, 0.4) is 0 Å². The molecule has 0 aliphatic heterocycles. The topological polar surface area (TPSA) is 35.5 Å². The highest BCUT2D eigenvalue weighted by molar-refractivity contribution is 5.69. The quantitative estimate of drug-likeness (QED) is 0.259. The number of carbonyl (C=O) groups is 1. The van der Waals surface area contributed by atoms with Crippen LogP contribution in [0.1, 0.15) is 116 Å². The van der Waals surface area contributed by atoms with Crippen LogP contribution in [0.25, 0.3) is 0 Å². The van der Waals surface area contributed by atoms with Crippen molar-refractivity contribution in [2.45, 2.75) is 122 Å². The molecule has 0 radical (unpaired) electrons. The summed E-state index contributed by atoms with van der Waals surface area (Å²) in [7, 11) is 0. The lowest BCUT2D eigenvalue weighted by atomic mass is 9.73. The first-order valence-electron chi connectivity index (χ1n) is 12.1. The third kappa shape index (κ3) is 9.96. The second-order valence-corrected chi connectivity index (χ2v) is 8.90. The fraction of sp³-hybridized carbons (Fsp3) is 0.958. The van der Waals surface area contributed by atoms with E-state index in [9.17, 15) is 4.79 Å². The van der Waals surface area contributed by atoms with Crippen molar-refractivity contribution in [3.05, 3.63) is 0 Å². The van der Waals surface area contributed by atoms with E-state index in [1.54, 1.807) is 0 Å². The van der Waals surface area contributed by atoms with Gasteiger partial charge in [0, 0.05) is 6.42 Å². The Morgan fingerprint density at radius 1 is 0.741 bits per heavy atom. The third-order valence-electron chi connectivity index (χ3n) is 6.72. The summed E-state index contributed by atoms with van der Waals surface area (Å²) < 4.78 is 11.3. The van der Waals surface area contributed by atoms with Crippen molar-refractivity contribution in [2.75, 3.05) is 13.2 Å². The number of hydrogen-bond donors (Lipinski definition) is 0. The molecule has 2 aliphatic carbocycles. The molecule has 0 amide bonds. The van der Waals surface area contributed by atoms with Crippen LogP contribution in [-0.2, 0) is 14.3 Å². The molecule has 0 aromatic rings. The summed E-state index contributed by atoms with van der Waals surface area (Å²) in [6, 6.07) is 0. The van der Waals surface area contributed by atoms with Gasteiger partial charge < -0.3 is 9.47 Å². The maximum Gasteiger partial charge on any atom is 0.305 e. The van der Waals surface area contributed by atoms with Crippen molar-refractivity contribution in [3.63, 3.8) is 0 Å². The number of carbonyl (C=O) groups excluding carboxylic acids is 1. The summed E-state index contributed by atoms with van der Waals surface area (Å²) in [5.74, 6) is 1.89. The van der Waals surface area contributed by atoms with Crippen molar-refractivity contribution >= 4 is 5.97 Å². The molecule has 0 atom stereocenters. The summed E-state index contributed by atoms with van der Waals surface area (Å²) in [5, 5.41) is 0. The zero-order valence-electron chi connectivity index (χ0n) is 17.9. The van der Waals surface area contributed by atoms with Crippen LogP contribution in [0, 0.1) is 11.8 Å². The van der Waals surface area contributed by atoms with Gasteiger partial charge in [0.1, 0.15) is 6.61 Å². The molecular formula is C24H44O3. The fourth-order valence-electron chi connectivity index (χ4n) is 5.00. The van der Waals surface area contributed by atoms with Crippen LogP contribution in [0.5, 0.6) is 0 Å². The summed E-state index contributed by atoms with van der Waals surface area (Å²) in [4.78, 5) is 11.8. The Labute approximate surface area is 168 Å². The highest BCUT2D eigenvalue weighted by Gasteiger charge is 2.28. The Balaban J connectivity index is 1.40. The molecule has 2 fully saturated rings. The Hall–Kier alpha value is -0.570.